The summed E-state index contributed by atoms with van der Waals surface area (Å²) in [5.74, 6) is -1.31. The SMILES string of the molecule is CO.CO.Cc1c(-c2ccccc2)oc2ncnc(-c3[c-]cc(C(C)(C)C)cc3)c12.Cc1c(-c2ccccc2)oc2ncnc(-c3ccc(C(C)(C)C)cc3)c12.Cc1cccc(-c2[c-]cccc2)n1.Cc1cccc(-c2[c-]cccc2)n1.O=C([O-])C(F)(F)F.[Ir].[Ir]. The van der Waals surface area contributed by atoms with Crippen molar-refractivity contribution in [1.82, 2.24) is 29.9 Å². The summed E-state index contributed by atoms with van der Waals surface area (Å²) in [5.41, 5.74) is 18.2. The van der Waals surface area contributed by atoms with E-state index >= 15 is 0 Å². The van der Waals surface area contributed by atoms with E-state index in [1.54, 1.807) is 12.7 Å². The summed E-state index contributed by atoms with van der Waals surface area (Å²) in [7, 11) is 2.00. The Morgan fingerprint density at radius 3 is 1.21 bits per heavy atom. The second-order valence-corrected chi connectivity index (χ2v) is 21.9. The van der Waals surface area contributed by atoms with Gasteiger partial charge in [0.2, 0.25) is 11.4 Å². The Kier molecular flexibility index (Phi) is 28.8. The number of nitrogens with zero attached hydrogens (tertiary/aromatic N) is 6. The van der Waals surface area contributed by atoms with E-state index in [0.717, 1.165) is 115 Å². The van der Waals surface area contributed by atoms with Crippen molar-refractivity contribution >= 4 is 28.2 Å². The molecule has 6 heterocycles. The molecule has 0 saturated heterocycles. The number of furan rings is 2. The summed E-state index contributed by atoms with van der Waals surface area (Å²) < 4.78 is 43.7. The van der Waals surface area contributed by atoms with Gasteiger partial charge in [-0.15, -0.1) is 107 Å². The summed E-state index contributed by atoms with van der Waals surface area (Å²) in [4.78, 5) is 35.4. The van der Waals surface area contributed by atoms with E-state index in [9.17, 15) is 13.2 Å². The predicted molar refractivity (Wildman–Crippen MR) is 345 cm³/mol. The van der Waals surface area contributed by atoms with E-state index in [1.807, 2.05) is 147 Å². The third kappa shape index (κ3) is 20.7. The molecule has 12 nitrogen and oxygen atoms in total. The Labute approximate surface area is 557 Å². The molecule has 476 valence electrons. The Hall–Kier alpha value is -8.66. The van der Waals surface area contributed by atoms with E-state index in [2.05, 4.69) is 158 Å². The van der Waals surface area contributed by atoms with Gasteiger partial charge in [-0.1, -0.05) is 151 Å². The number of carboxylic acids is 1. The van der Waals surface area contributed by atoms with Crippen LogP contribution in [0.2, 0.25) is 0 Å². The fourth-order valence-corrected chi connectivity index (χ4v) is 8.95. The molecule has 0 unspecified atom stereocenters. The quantitative estimate of drug-likeness (QED) is 0.150. The van der Waals surface area contributed by atoms with Gasteiger partial charge in [-0.3, -0.25) is 4.98 Å². The third-order valence-electron chi connectivity index (χ3n) is 13.5. The zero-order valence-corrected chi connectivity index (χ0v) is 57.4. The third-order valence-corrected chi connectivity index (χ3v) is 13.5. The Balaban J connectivity index is 0.000000253. The maximum atomic E-state index is 10.5. The number of aromatic nitrogens is 6. The van der Waals surface area contributed by atoms with Crippen LogP contribution in [0.5, 0.6) is 0 Å². The summed E-state index contributed by atoms with van der Waals surface area (Å²) in [6.45, 7) is 21.4. The number of carbonyl (C=O) groups excluding carboxylic acids is 1. The monoisotopic (exact) mass is 1580 g/mol. The molecule has 12 aromatic rings. The van der Waals surface area contributed by atoms with E-state index < -0.39 is 12.1 Å². The Bertz CT molecular complexity index is 3880. The number of alkyl halides is 3. The number of benzene rings is 6. The molecule has 6 aromatic carbocycles. The fraction of sp³-hybridized carbons (Fsp3) is 0.203. The second-order valence-electron chi connectivity index (χ2n) is 21.9. The van der Waals surface area contributed by atoms with Crippen LogP contribution in [0.4, 0.5) is 13.2 Å². The van der Waals surface area contributed by atoms with Gasteiger partial charge in [-0.05, 0) is 73.2 Å². The molecule has 0 bridgehead atoms. The largest absolute Gasteiger partial charge is 0.542 e. The first-order valence-electron chi connectivity index (χ1n) is 28.3. The van der Waals surface area contributed by atoms with E-state index in [-0.39, 0.29) is 51.0 Å². The van der Waals surface area contributed by atoms with Crippen LogP contribution in [0, 0.1) is 45.9 Å². The zero-order valence-electron chi connectivity index (χ0n) is 52.6. The molecule has 0 aliphatic heterocycles. The Morgan fingerprint density at radius 1 is 0.451 bits per heavy atom. The first-order valence-corrected chi connectivity index (χ1v) is 28.3. The minimum absolute atomic E-state index is 0. The molecule has 0 atom stereocenters. The number of hydrogen-bond acceptors (Lipinski definition) is 12. The number of hydrogen-bond donors (Lipinski definition) is 2. The zero-order chi connectivity index (χ0) is 64.9. The number of carbonyl (C=O) groups is 1. The van der Waals surface area contributed by atoms with Gasteiger partial charge in [0.05, 0.1) is 11.1 Å². The molecule has 0 spiro atoms. The van der Waals surface area contributed by atoms with Crippen molar-refractivity contribution in [2.45, 2.75) is 86.2 Å². The number of aliphatic hydroxyl groups excluding tert-OH is 2. The fourth-order valence-electron chi connectivity index (χ4n) is 8.95. The number of fused-ring (bicyclic) bond motifs is 2. The van der Waals surface area contributed by atoms with Gasteiger partial charge in [0.25, 0.3) is 0 Å². The number of rotatable bonds is 6. The first-order chi connectivity index (χ1) is 42.6. The predicted octanol–water partition coefficient (Wildman–Crippen LogP) is 16.4. The van der Waals surface area contributed by atoms with E-state index in [4.69, 9.17) is 28.9 Å². The van der Waals surface area contributed by atoms with Gasteiger partial charge in [0.1, 0.15) is 30.1 Å². The number of aryl methyl sites for hydroxylation is 4. The molecule has 6 aromatic heterocycles. The molecule has 2 N–H and O–H groups in total. The van der Waals surface area contributed by atoms with Crippen LogP contribution in [0.25, 0.3) is 89.9 Å². The summed E-state index contributed by atoms with van der Waals surface area (Å²) in [5, 5.41) is 24.7. The van der Waals surface area contributed by atoms with Gasteiger partial charge in [-0.2, -0.15) is 13.2 Å². The van der Waals surface area contributed by atoms with Gasteiger partial charge in [0.15, 0.2) is 0 Å². The van der Waals surface area contributed by atoms with Crippen molar-refractivity contribution < 1.29 is 82.3 Å². The van der Waals surface area contributed by atoms with Crippen molar-refractivity contribution in [3.05, 3.63) is 253 Å². The normalized spacial score (nSPS) is 10.6. The number of aliphatic carboxylic acids is 1. The average Bonchev–Trinajstić information content (AvgIpc) is 3.31. The molecular weight excluding hydrogens is 1510 g/mol. The summed E-state index contributed by atoms with van der Waals surface area (Å²) in [6, 6.07) is 72.6. The van der Waals surface area contributed by atoms with Crippen LogP contribution >= 0.6 is 0 Å². The van der Waals surface area contributed by atoms with Gasteiger partial charge in [-0.25, -0.2) is 15.0 Å². The van der Waals surface area contributed by atoms with Crippen LogP contribution in [-0.4, -0.2) is 66.5 Å². The van der Waals surface area contributed by atoms with Crippen molar-refractivity contribution in [2.75, 3.05) is 14.2 Å². The van der Waals surface area contributed by atoms with Crippen LogP contribution in [0.3, 0.4) is 0 Å². The van der Waals surface area contributed by atoms with Crippen LogP contribution in [0.1, 0.15) is 75.2 Å². The molecule has 0 aliphatic rings. The van der Waals surface area contributed by atoms with Crippen molar-refractivity contribution in [3.63, 3.8) is 0 Å². The summed E-state index contributed by atoms with van der Waals surface area (Å²) >= 11 is 0. The van der Waals surface area contributed by atoms with Crippen LogP contribution in [-0.2, 0) is 55.8 Å². The Morgan fingerprint density at radius 2 is 0.846 bits per heavy atom. The van der Waals surface area contributed by atoms with Gasteiger partial charge in [0, 0.05) is 99.2 Å². The molecule has 0 saturated carbocycles. The first kappa shape index (κ1) is 74.8. The number of aliphatic hydroxyl groups is 2. The number of pyridine rings is 2. The second kappa shape index (κ2) is 35.1. The standard InChI is InChI=1S/C23H22N2O.C23H21N2O.2C12H10N.C2HF3O2.2CH4O.2Ir/c2*1-15-19-20(16-10-12-18(13-11-16)23(2,3)4)24-14-25-22(19)26-21(15)17-8-6-5-7-9-17;2*1-10-6-5-9-12(13-10)11-7-3-2-4-8-11;3-2(4,5)1(6)7;2*1-2;;/h5-14H,1-4H3;5-10,12-14H,1-4H3;2*2-7,9H,1H3;(H,6,7);2*2H,1H3;;/q;3*-1;;;;;/p-1. The van der Waals surface area contributed by atoms with Crippen LogP contribution < -0.4 is 5.11 Å². The average molecular weight is 1580 g/mol. The molecule has 12 rings (SSSR count). The topological polar surface area (TPSA) is 184 Å². The minimum Gasteiger partial charge on any atom is -0.542 e. The number of carboxylic acid groups (broad SMARTS) is 1. The molecule has 2 radical (unpaired) electrons. The molecule has 0 aliphatic carbocycles. The maximum Gasteiger partial charge on any atom is 0.430 e. The van der Waals surface area contributed by atoms with Crippen LogP contribution in [0.15, 0.2) is 210 Å². The summed E-state index contributed by atoms with van der Waals surface area (Å²) in [6.07, 6.45) is -2.06. The maximum absolute atomic E-state index is 10.5. The van der Waals surface area contributed by atoms with E-state index in [0.29, 0.717) is 11.4 Å². The van der Waals surface area contributed by atoms with Crippen molar-refractivity contribution in [2.24, 2.45) is 0 Å². The van der Waals surface area contributed by atoms with Gasteiger partial charge >= 0.3 is 6.18 Å². The number of halogens is 3. The molecule has 91 heavy (non-hydrogen) atoms. The van der Waals surface area contributed by atoms with Crippen molar-refractivity contribution in [1.29, 1.82) is 0 Å². The van der Waals surface area contributed by atoms with E-state index in [1.165, 1.54) is 11.1 Å². The minimum atomic E-state index is -5.19. The smallest absolute Gasteiger partial charge is 0.430 e. The molecule has 17 heteroatoms. The molecule has 0 amide bonds. The molecule has 0 fully saturated rings. The van der Waals surface area contributed by atoms with Gasteiger partial charge < -0.3 is 38.9 Å². The molecular formula is C74H71F3Ir2N6O6-4. The van der Waals surface area contributed by atoms with Crippen molar-refractivity contribution in [3.8, 4) is 67.7 Å².